The molecule has 1 N–H and O–H groups in total. The predicted octanol–water partition coefficient (Wildman–Crippen LogP) is 5.38. The molecule has 9 heteroatoms. The third-order valence-electron chi connectivity index (χ3n) is 7.02. The molecule has 0 unspecified atom stereocenters. The van der Waals surface area contributed by atoms with Crippen molar-refractivity contribution in [2.45, 2.75) is 38.8 Å². The summed E-state index contributed by atoms with van der Waals surface area (Å²) in [6.45, 7) is 7.49. The van der Waals surface area contributed by atoms with E-state index in [9.17, 15) is 14.3 Å². The third-order valence-corrected chi connectivity index (χ3v) is 7.02. The molecule has 1 aromatic heterocycles. The molecule has 38 heavy (non-hydrogen) atoms. The molecule has 0 saturated carbocycles. The van der Waals surface area contributed by atoms with Crippen molar-refractivity contribution >= 4 is 11.8 Å². The van der Waals surface area contributed by atoms with Gasteiger partial charge in [0, 0.05) is 38.5 Å². The van der Waals surface area contributed by atoms with E-state index in [2.05, 4.69) is 9.88 Å². The first kappa shape index (κ1) is 25.8. The second kappa shape index (κ2) is 10.9. The van der Waals surface area contributed by atoms with E-state index in [-0.39, 0.29) is 11.6 Å². The lowest BCUT2D eigenvalue weighted by Gasteiger charge is -2.37. The normalized spacial score (nSPS) is 17.0. The van der Waals surface area contributed by atoms with Crippen molar-refractivity contribution < 1.29 is 28.5 Å². The molecule has 5 rings (SSSR count). The molecular formula is C29H32FN3O5. The van der Waals surface area contributed by atoms with Gasteiger partial charge < -0.3 is 19.3 Å². The number of ether oxygens (including phenoxy) is 3. The summed E-state index contributed by atoms with van der Waals surface area (Å²) in [6.07, 6.45) is 3.87. The number of piperidine rings is 1. The molecule has 3 heterocycles. The molecule has 2 aliphatic heterocycles. The highest BCUT2D eigenvalue weighted by Gasteiger charge is 2.47. The lowest BCUT2D eigenvalue weighted by molar-refractivity contribution is -0.00100. The Balaban J connectivity index is 1.31. The van der Waals surface area contributed by atoms with Crippen LogP contribution in [0.1, 0.15) is 32.3 Å². The van der Waals surface area contributed by atoms with Crippen LogP contribution in [0.15, 0.2) is 54.9 Å². The van der Waals surface area contributed by atoms with E-state index in [1.165, 1.54) is 24.4 Å². The number of benzene rings is 2. The second-order valence-corrected chi connectivity index (χ2v) is 9.65. The fraction of sp³-hybridized carbons (Fsp3) is 0.379. The zero-order chi connectivity index (χ0) is 26.7. The Kier molecular flexibility index (Phi) is 7.37. The molecule has 0 radical (unpaired) electrons. The number of carbonyl (C=O) groups is 1. The highest BCUT2D eigenvalue weighted by Crippen LogP contribution is 2.41. The largest absolute Gasteiger partial charge is 0.506 e. The molecule has 2 saturated heterocycles. The molecule has 2 aromatic carbocycles. The van der Waals surface area contributed by atoms with Crippen molar-refractivity contribution in [2.75, 3.05) is 37.7 Å². The maximum absolute atomic E-state index is 13.6. The molecule has 1 amide bonds. The summed E-state index contributed by atoms with van der Waals surface area (Å²) in [5, 5.41) is 9.75. The van der Waals surface area contributed by atoms with Crippen molar-refractivity contribution in [3.63, 3.8) is 0 Å². The maximum atomic E-state index is 13.6. The van der Waals surface area contributed by atoms with E-state index in [0.717, 1.165) is 29.8 Å². The van der Waals surface area contributed by atoms with Crippen molar-refractivity contribution in [3.8, 4) is 28.4 Å². The molecule has 3 aromatic rings. The lowest BCUT2D eigenvalue weighted by atomic mass is 9.91. The fourth-order valence-electron chi connectivity index (χ4n) is 5.20. The van der Waals surface area contributed by atoms with Crippen molar-refractivity contribution in [1.29, 1.82) is 0 Å². The number of hydrogen-bond acceptors (Lipinski definition) is 7. The van der Waals surface area contributed by atoms with Crippen LogP contribution in [-0.4, -0.2) is 59.5 Å². The summed E-state index contributed by atoms with van der Waals surface area (Å²) in [5.41, 5.74) is 2.67. The molecule has 2 fully saturated rings. The number of carbonyl (C=O) groups excluding carboxylic acids is 1. The van der Waals surface area contributed by atoms with Crippen LogP contribution < -0.4 is 14.4 Å². The van der Waals surface area contributed by atoms with Crippen LogP contribution in [0.25, 0.3) is 11.1 Å². The smallest absolute Gasteiger partial charge is 0.415 e. The fourth-order valence-corrected chi connectivity index (χ4v) is 5.20. The van der Waals surface area contributed by atoms with Gasteiger partial charge in [-0.05, 0) is 49.2 Å². The van der Waals surface area contributed by atoms with Gasteiger partial charge in [-0.3, -0.25) is 14.8 Å². The monoisotopic (exact) mass is 521 g/mol. The average Bonchev–Trinajstić information content (AvgIpc) is 3.22. The maximum Gasteiger partial charge on any atom is 0.415 e. The van der Waals surface area contributed by atoms with Crippen molar-refractivity contribution in [3.05, 3.63) is 66.2 Å². The van der Waals surface area contributed by atoms with Crippen molar-refractivity contribution in [2.24, 2.45) is 0 Å². The number of likely N-dealkylation sites (tertiary alicyclic amines) is 1. The molecule has 0 bridgehead atoms. The Morgan fingerprint density at radius 2 is 1.68 bits per heavy atom. The van der Waals surface area contributed by atoms with Gasteiger partial charge in [0.2, 0.25) is 0 Å². The number of halogens is 1. The molecule has 0 aliphatic carbocycles. The number of aromatic nitrogens is 1. The Morgan fingerprint density at radius 3 is 2.29 bits per heavy atom. The number of anilines is 1. The van der Waals surface area contributed by atoms with E-state index < -0.39 is 11.7 Å². The number of pyridine rings is 1. The molecule has 200 valence electrons. The highest BCUT2D eigenvalue weighted by atomic mass is 19.1. The zero-order valence-corrected chi connectivity index (χ0v) is 21.7. The number of nitrogens with zero attached hydrogens (tertiary/aromatic N) is 3. The molecular weight excluding hydrogens is 489 g/mol. The Bertz CT molecular complexity index is 1260. The van der Waals surface area contributed by atoms with Gasteiger partial charge in [0.15, 0.2) is 0 Å². The standard InChI is InChI=1S/C29H32FN3O5/c1-3-36-25-13-20(14-26(37-4-2)27(25)21-5-7-22(30)8-6-21)18-32-11-9-29(10-12-32)19-33(28(35)38-29)23-15-24(34)17-31-16-23/h5-8,13-17,34H,3-4,9-12,18-19H2,1-2H3. The molecule has 8 nitrogen and oxygen atoms in total. The van der Waals surface area contributed by atoms with E-state index in [0.29, 0.717) is 56.3 Å². The van der Waals surface area contributed by atoms with E-state index in [1.807, 2.05) is 26.0 Å². The van der Waals surface area contributed by atoms with E-state index >= 15 is 0 Å². The zero-order valence-electron chi connectivity index (χ0n) is 21.7. The average molecular weight is 522 g/mol. The first-order valence-corrected chi connectivity index (χ1v) is 12.9. The summed E-state index contributed by atoms with van der Waals surface area (Å²) in [4.78, 5) is 20.5. The van der Waals surface area contributed by atoms with Crippen LogP contribution in [0.2, 0.25) is 0 Å². The quantitative estimate of drug-likeness (QED) is 0.426. The third kappa shape index (κ3) is 5.38. The summed E-state index contributed by atoms with van der Waals surface area (Å²) in [5.74, 6) is 1.12. The van der Waals surface area contributed by atoms with Gasteiger partial charge in [0.05, 0.1) is 43.4 Å². The van der Waals surface area contributed by atoms with Gasteiger partial charge >= 0.3 is 6.09 Å². The van der Waals surface area contributed by atoms with Gasteiger partial charge in [0.1, 0.15) is 28.7 Å². The minimum Gasteiger partial charge on any atom is -0.506 e. The van der Waals surface area contributed by atoms with E-state index in [1.54, 1.807) is 23.2 Å². The van der Waals surface area contributed by atoms with Crippen LogP contribution in [0.5, 0.6) is 17.2 Å². The molecule has 1 spiro atoms. The predicted molar refractivity (Wildman–Crippen MR) is 141 cm³/mol. The topological polar surface area (TPSA) is 84.4 Å². The van der Waals surface area contributed by atoms with Crippen LogP contribution >= 0.6 is 0 Å². The van der Waals surface area contributed by atoms with E-state index in [4.69, 9.17) is 14.2 Å². The van der Waals surface area contributed by atoms with Gasteiger partial charge in [0.25, 0.3) is 0 Å². The molecule has 0 atom stereocenters. The Morgan fingerprint density at radius 1 is 1.03 bits per heavy atom. The summed E-state index contributed by atoms with van der Waals surface area (Å²) in [7, 11) is 0. The van der Waals surface area contributed by atoms with Crippen LogP contribution in [-0.2, 0) is 11.3 Å². The van der Waals surface area contributed by atoms with Gasteiger partial charge in [-0.25, -0.2) is 9.18 Å². The number of hydrogen-bond donors (Lipinski definition) is 1. The summed E-state index contributed by atoms with van der Waals surface area (Å²) >= 11 is 0. The highest BCUT2D eigenvalue weighted by molar-refractivity contribution is 5.90. The first-order chi connectivity index (χ1) is 18.4. The number of aromatic hydroxyl groups is 1. The van der Waals surface area contributed by atoms with Crippen LogP contribution in [0.4, 0.5) is 14.9 Å². The van der Waals surface area contributed by atoms with Crippen LogP contribution in [0.3, 0.4) is 0 Å². The number of amides is 1. The van der Waals surface area contributed by atoms with Gasteiger partial charge in [-0.2, -0.15) is 0 Å². The second-order valence-electron chi connectivity index (χ2n) is 9.65. The Hall–Kier alpha value is -3.85. The first-order valence-electron chi connectivity index (χ1n) is 12.9. The Labute approximate surface area is 221 Å². The lowest BCUT2D eigenvalue weighted by Crippen LogP contribution is -2.46. The summed E-state index contributed by atoms with van der Waals surface area (Å²) < 4.78 is 31.4. The summed E-state index contributed by atoms with van der Waals surface area (Å²) in [6, 6.07) is 11.9. The minimum absolute atomic E-state index is 0.00867. The SMILES string of the molecule is CCOc1cc(CN2CCC3(CC2)CN(c2cncc(O)c2)C(=O)O3)cc(OCC)c1-c1ccc(F)cc1. The molecule has 2 aliphatic rings. The van der Waals surface area contributed by atoms with Gasteiger partial charge in [-0.15, -0.1) is 0 Å². The van der Waals surface area contributed by atoms with Crippen molar-refractivity contribution in [1.82, 2.24) is 9.88 Å². The van der Waals surface area contributed by atoms with Gasteiger partial charge in [-0.1, -0.05) is 12.1 Å². The van der Waals surface area contributed by atoms with Crippen LogP contribution in [0, 0.1) is 5.82 Å². The minimum atomic E-state index is -0.557. The number of rotatable bonds is 8.